The van der Waals surface area contributed by atoms with Crippen molar-refractivity contribution < 1.29 is 4.79 Å². The molecule has 1 unspecified atom stereocenters. The first-order chi connectivity index (χ1) is 4.25. The molecule has 1 atom stereocenters. The second kappa shape index (κ2) is 2.10. The molecule has 1 amide bonds. The van der Waals surface area contributed by atoms with Gasteiger partial charge in [0, 0.05) is 12.5 Å². The Bertz CT molecular complexity index is 168. The predicted octanol–water partition coefficient (Wildman–Crippen LogP) is 0.240. The smallest absolute Gasteiger partial charge is 0.225 e. The molecule has 0 bridgehead atoms. The summed E-state index contributed by atoms with van der Waals surface area (Å²) in [4.78, 5) is 12.4. The fourth-order valence-electron chi connectivity index (χ4n) is 0.956. The first kappa shape index (κ1) is 6.15. The zero-order valence-electron chi connectivity index (χ0n) is 5.42. The van der Waals surface area contributed by atoms with Crippen molar-refractivity contribution >= 4 is 5.91 Å². The van der Waals surface area contributed by atoms with Gasteiger partial charge in [0.1, 0.15) is 0 Å². The SMILES string of the molecule is C#CCN1C(=O)CC1C. The molecule has 2 nitrogen and oxygen atoms in total. The summed E-state index contributed by atoms with van der Waals surface area (Å²) in [7, 11) is 0. The summed E-state index contributed by atoms with van der Waals surface area (Å²) in [5.74, 6) is 2.62. The van der Waals surface area contributed by atoms with Gasteiger partial charge < -0.3 is 4.90 Å². The summed E-state index contributed by atoms with van der Waals surface area (Å²) in [5.41, 5.74) is 0. The number of amides is 1. The molecule has 0 spiro atoms. The van der Waals surface area contributed by atoms with Gasteiger partial charge in [-0.25, -0.2) is 0 Å². The summed E-state index contributed by atoms with van der Waals surface area (Å²) >= 11 is 0. The molecule has 1 heterocycles. The number of nitrogens with zero attached hydrogens (tertiary/aromatic N) is 1. The molecule has 1 saturated heterocycles. The second-order valence-corrected chi connectivity index (χ2v) is 2.28. The Kier molecular flexibility index (Phi) is 1.44. The molecule has 0 aromatic rings. The predicted molar refractivity (Wildman–Crippen MR) is 34.6 cm³/mol. The quantitative estimate of drug-likeness (QED) is 0.361. The van der Waals surface area contributed by atoms with Crippen LogP contribution in [0.4, 0.5) is 0 Å². The zero-order chi connectivity index (χ0) is 6.85. The highest BCUT2D eigenvalue weighted by molar-refractivity contribution is 5.83. The molecule has 2 heteroatoms. The van der Waals surface area contributed by atoms with E-state index in [9.17, 15) is 4.79 Å². The van der Waals surface area contributed by atoms with Crippen molar-refractivity contribution in [2.75, 3.05) is 6.54 Å². The van der Waals surface area contributed by atoms with Gasteiger partial charge in [0.15, 0.2) is 0 Å². The molecule has 1 fully saturated rings. The highest BCUT2D eigenvalue weighted by Crippen LogP contribution is 2.16. The van der Waals surface area contributed by atoms with Gasteiger partial charge in [-0.15, -0.1) is 6.42 Å². The average molecular weight is 123 g/mol. The van der Waals surface area contributed by atoms with Crippen LogP contribution in [-0.2, 0) is 4.79 Å². The van der Waals surface area contributed by atoms with Crippen LogP contribution in [0.15, 0.2) is 0 Å². The van der Waals surface area contributed by atoms with Gasteiger partial charge in [-0.05, 0) is 6.92 Å². The molecule has 1 aliphatic rings. The Morgan fingerprint density at radius 1 is 2.00 bits per heavy atom. The fourth-order valence-corrected chi connectivity index (χ4v) is 0.956. The Balaban J connectivity index is 2.41. The van der Waals surface area contributed by atoms with Gasteiger partial charge in [-0.1, -0.05) is 5.92 Å². The van der Waals surface area contributed by atoms with E-state index in [1.807, 2.05) is 6.92 Å². The zero-order valence-corrected chi connectivity index (χ0v) is 5.42. The highest BCUT2D eigenvalue weighted by Gasteiger charge is 2.30. The van der Waals surface area contributed by atoms with Crippen molar-refractivity contribution in [1.29, 1.82) is 0 Å². The van der Waals surface area contributed by atoms with E-state index in [4.69, 9.17) is 6.42 Å². The summed E-state index contributed by atoms with van der Waals surface area (Å²) < 4.78 is 0. The maximum Gasteiger partial charge on any atom is 0.225 e. The lowest BCUT2D eigenvalue weighted by molar-refractivity contribution is -0.143. The number of likely N-dealkylation sites (tertiary alicyclic amines) is 1. The van der Waals surface area contributed by atoms with Crippen molar-refractivity contribution in [3.05, 3.63) is 0 Å². The van der Waals surface area contributed by atoms with Crippen LogP contribution < -0.4 is 0 Å². The molecule has 9 heavy (non-hydrogen) atoms. The van der Waals surface area contributed by atoms with E-state index in [0.29, 0.717) is 19.0 Å². The van der Waals surface area contributed by atoms with Crippen LogP contribution in [0.1, 0.15) is 13.3 Å². The third-order valence-electron chi connectivity index (χ3n) is 1.58. The van der Waals surface area contributed by atoms with Crippen LogP contribution in [0.25, 0.3) is 0 Å². The van der Waals surface area contributed by atoms with Crippen molar-refractivity contribution in [3.8, 4) is 12.3 Å². The lowest BCUT2D eigenvalue weighted by Gasteiger charge is -2.36. The second-order valence-electron chi connectivity index (χ2n) is 2.28. The molecule has 0 radical (unpaired) electrons. The largest absolute Gasteiger partial charge is 0.328 e. The molecule has 1 rings (SSSR count). The molecule has 0 N–H and O–H groups in total. The Labute approximate surface area is 54.8 Å². The van der Waals surface area contributed by atoms with Crippen molar-refractivity contribution in [1.82, 2.24) is 4.90 Å². The number of carbonyl (C=O) groups is 1. The third-order valence-corrected chi connectivity index (χ3v) is 1.58. The van der Waals surface area contributed by atoms with Gasteiger partial charge >= 0.3 is 0 Å². The van der Waals surface area contributed by atoms with Gasteiger partial charge in [0.25, 0.3) is 0 Å². The van der Waals surface area contributed by atoms with Crippen molar-refractivity contribution in [2.24, 2.45) is 0 Å². The summed E-state index contributed by atoms with van der Waals surface area (Å²) in [5, 5.41) is 0. The minimum atomic E-state index is 0.181. The van der Waals surface area contributed by atoms with E-state index in [1.54, 1.807) is 4.90 Å². The standard InChI is InChI=1S/C7H9NO/c1-3-4-8-6(2)5-7(8)9/h1,6H,4-5H2,2H3. The molecular weight excluding hydrogens is 114 g/mol. The van der Waals surface area contributed by atoms with Crippen molar-refractivity contribution in [3.63, 3.8) is 0 Å². The van der Waals surface area contributed by atoms with Crippen LogP contribution in [0.5, 0.6) is 0 Å². The lowest BCUT2D eigenvalue weighted by atomic mass is 10.1. The molecular formula is C7H9NO. The molecule has 0 aliphatic carbocycles. The van der Waals surface area contributed by atoms with Crippen LogP contribution in [0, 0.1) is 12.3 Å². The highest BCUT2D eigenvalue weighted by atomic mass is 16.2. The van der Waals surface area contributed by atoms with E-state index in [0.717, 1.165) is 0 Å². The number of β-lactam (4-membered cyclic amide) rings is 1. The van der Waals surface area contributed by atoms with Gasteiger partial charge in [-0.2, -0.15) is 0 Å². The molecule has 48 valence electrons. The van der Waals surface area contributed by atoms with Crippen LogP contribution in [0.3, 0.4) is 0 Å². The maximum atomic E-state index is 10.7. The van der Waals surface area contributed by atoms with Gasteiger partial charge in [0.2, 0.25) is 5.91 Å². The summed E-state index contributed by atoms with van der Waals surface area (Å²) in [6.45, 7) is 2.47. The topological polar surface area (TPSA) is 20.3 Å². The van der Waals surface area contributed by atoms with Crippen LogP contribution in [0.2, 0.25) is 0 Å². The average Bonchev–Trinajstić information content (AvgIpc) is 1.84. The summed E-state index contributed by atoms with van der Waals surface area (Å²) in [6, 6.07) is 0.369. The lowest BCUT2D eigenvalue weighted by Crippen LogP contribution is -2.50. The van der Waals surface area contributed by atoms with Gasteiger partial charge in [-0.3, -0.25) is 4.79 Å². The van der Waals surface area contributed by atoms with Crippen molar-refractivity contribution in [2.45, 2.75) is 19.4 Å². The first-order valence-electron chi connectivity index (χ1n) is 2.98. The van der Waals surface area contributed by atoms with Gasteiger partial charge in [0.05, 0.1) is 6.54 Å². The Hall–Kier alpha value is -0.970. The normalized spacial score (nSPS) is 25.1. The molecule has 0 aromatic heterocycles. The van der Waals surface area contributed by atoms with Crippen LogP contribution >= 0.6 is 0 Å². The third kappa shape index (κ3) is 0.904. The summed E-state index contributed by atoms with van der Waals surface area (Å²) in [6.07, 6.45) is 5.69. The van der Waals surface area contributed by atoms with Crippen LogP contribution in [-0.4, -0.2) is 23.4 Å². The Morgan fingerprint density at radius 2 is 2.67 bits per heavy atom. The fraction of sp³-hybridized carbons (Fsp3) is 0.571. The monoisotopic (exact) mass is 123 g/mol. The maximum absolute atomic E-state index is 10.7. The minimum Gasteiger partial charge on any atom is -0.328 e. The molecule has 0 saturated carbocycles. The van der Waals surface area contributed by atoms with E-state index >= 15 is 0 Å². The Morgan fingerprint density at radius 3 is 2.89 bits per heavy atom. The van der Waals surface area contributed by atoms with E-state index in [1.165, 1.54) is 0 Å². The first-order valence-corrected chi connectivity index (χ1v) is 2.98. The van der Waals surface area contributed by atoms with E-state index in [2.05, 4.69) is 5.92 Å². The van der Waals surface area contributed by atoms with E-state index < -0.39 is 0 Å². The number of carbonyl (C=O) groups excluding carboxylic acids is 1. The number of hydrogen-bond acceptors (Lipinski definition) is 1. The van der Waals surface area contributed by atoms with E-state index in [-0.39, 0.29) is 5.91 Å². The molecule has 1 aliphatic heterocycles. The molecule has 0 aromatic carbocycles. The number of rotatable bonds is 1. The minimum absolute atomic E-state index is 0.181. The number of hydrogen-bond donors (Lipinski definition) is 0. The number of terminal acetylenes is 1.